The SMILES string of the molecule is CCOc1c(Cl)cccc1CC(=O)NCC(Oc1ccc(F)cc1)C(=O)O. The number of benzene rings is 2. The van der Waals surface area contributed by atoms with Gasteiger partial charge in [-0.15, -0.1) is 0 Å². The van der Waals surface area contributed by atoms with E-state index in [0.29, 0.717) is 22.9 Å². The number of nitrogens with one attached hydrogen (secondary N) is 1. The summed E-state index contributed by atoms with van der Waals surface area (Å²) in [5.41, 5.74) is 0.591. The minimum Gasteiger partial charge on any atom is -0.492 e. The molecule has 0 aliphatic carbocycles. The zero-order chi connectivity index (χ0) is 19.8. The molecule has 0 aliphatic rings. The molecule has 1 amide bonds. The number of rotatable bonds is 9. The number of aliphatic carboxylic acids is 1. The van der Waals surface area contributed by atoms with E-state index in [0.717, 1.165) is 12.1 Å². The van der Waals surface area contributed by atoms with E-state index in [1.165, 1.54) is 12.1 Å². The maximum atomic E-state index is 12.9. The highest BCUT2D eigenvalue weighted by Crippen LogP contribution is 2.29. The number of carbonyl (C=O) groups excluding carboxylic acids is 1. The molecule has 0 heterocycles. The van der Waals surface area contributed by atoms with Crippen LogP contribution in [0.5, 0.6) is 11.5 Å². The van der Waals surface area contributed by atoms with Crippen molar-refractivity contribution in [2.45, 2.75) is 19.4 Å². The van der Waals surface area contributed by atoms with Crippen LogP contribution in [-0.4, -0.2) is 36.2 Å². The van der Waals surface area contributed by atoms with Crippen molar-refractivity contribution in [1.82, 2.24) is 5.32 Å². The number of hydrogen-bond acceptors (Lipinski definition) is 4. The van der Waals surface area contributed by atoms with E-state index < -0.39 is 23.8 Å². The lowest BCUT2D eigenvalue weighted by Crippen LogP contribution is -2.40. The molecule has 8 heteroatoms. The van der Waals surface area contributed by atoms with Crippen LogP contribution < -0.4 is 14.8 Å². The smallest absolute Gasteiger partial charge is 0.346 e. The molecule has 2 aromatic carbocycles. The molecule has 0 saturated heterocycles. The van der Waals surface area contributed by atoms with E-state index >= 15 is 0 Å². The number of ether oxygens (including phenoxy) is 2. The molecule has 144 valence electrons. The summed E-state index contributed by atoms with van der Waals surface area (Å²) in [7, 11) is 0. The summed E-state index contributed by atoms with van der Waals surface area (Å²) >= 11 is 6.08. The van der Waals surface area contributed by atoms with E-state index in [2.05, 4.69) is 5.32 Å². The topological polar surface area (TPSA) is 84.9 Å². The first-order valence-electron chi connectivity index (χ1n) is 8.22. The number of halogens is 2. The standard InChI is InChI=1S/C19H19ClFNO5/c1-2-26-18-12(4-3-5-15(18)20)10-17(23)22-11-16(19(24)25)27-14-8-6-13(21)7-9-14/h3-9,16H,2,10-11H2,1H3,(H,22,23)(H,24,25). The third-order valence-corrected chi connectivity index (χ3v) is 3.84. The van der Waals surface area contributed by atoms with Gasteiger partial charge in [-0.2, -0.15) is 0 Å². The molecule has 1 unspecified atom stereocenters. The first-order chi connectivity index (χ1) is 12.9. The number of hydrogen-bond donors (Lipinski definition) is 2. The van der Waals surface area contributed by atoms with Gasteiger partial charge in [-0.25, -0.2) is 9.18 Å². The van der Waals surface area contributed by atoms with Gasteiger partial charge in [0.05, 0.1) is 24.6 Å². The number of amides is 1. The zero-order valence-electron chi connectivity index (χ0n) is 14.6. The maximum absolute atomic E-state index is 12.9. The van der Waals surface area contributed by atoms with Gasteiger partial charge in [0, 0.05) is 5.56 Å². The van der Waals surface area contributed by atoms with Gasteiger partial charge in [-0.05, 0) is 37.3 Å². The van der Waals surface area contributed by atoms with Crippen LogP contribution in [-0.2, 0) is 16.0 Å². The Balaban J connectivity index is 1.97. The van der Waals surface area contributed by atoms with Crippen LogP contribution in [0.4, 0.5) is 4.39 Å². The fraction of sp³-hybridized carbons (Fsp3) is 0.263. The van der Waals surface area contributed by atoms with Gasteiger partial charge in [0.25, 0.3) is 0 Å². The molecule has 1 atom stereocenters. The van der Waals surface area contributed by atoms with E-state index in [1.807, 2.05) is 0 Å². The van der Waals surface area contributed by atoms with E-state index in [4.69, 9.17) is 21.1 Å². The molecule has 6 nitrogen and oxygen atoms in total. The average molecular weight is 396 g/mol. The number of carbonyl (C=O) groups is 2. The molecule has 2 N–H and O–H groups in total. The number of carboxylic acids is 1. The van der Waals surface area contributed by atoms with E-state index in [1.54, 1.807) is 25.1 Å². The molecular weight excluding hydrogens is 377 g/mol. The van der Waals surface area contributed by atoms with Crippen molar-refractivity contribution < 1.29 is 28.6 Å². The quantitative estimate of drug-likeness (QED) is 0.681. The summed E-state index contributed by atoms with van der Waals surface area (Å²) in [6.07, 6.45) is -1.34. The van der Waals surface area contributed by atoms with Crippen molar-refractivity contribution in [2.75, 3.05) is 13.2 Å². The fourth-order valence-corrected chi connectivity index (χ4v) is 2.55. The Morgan fingerprint density at radius 1 is 1.22 bits per heavy atom. The van der Waals surface area contributed by atoms with Crippen LogP contribution >= 0.6 is 11.6 Å². The summed E-state index contributed by atoms with van der Waals surface area (Å²) in [6.45, 7) is 1.94. The predicted molar refractivity (Wildman–Crippen MR) is 97.8 cm³/mol. The van der Waals surface area contributed by atoms with Gasteiger partial charge in [0.1, 0.15) is 17.3 Å². The summed E-state index contributed by atoms with van der Waals surface area (Å²) in [6, 6.07) is 10.00. The second kappa shape index (κ2) is 9.78. The average Bonchev–Trinajstić information content (AvgIpc) is 2.63. The molecule has 2 aromatic rings. The fourth-order valence-electron chi connectivity index (χ4n) is 2.30. The Labute approximate surface area is 160 Å². The van der Waals surface area contributed by atoms with Crippen molar-refractivity contribution in [3.05, 3.63) is 58.9 Å². The first-order valence-corrected chi connectivity index (χ1v) is 8.60. The Morgan fingerprint density at radius 2 is 1.93 bits per heavy atom. The molecule has 0 bridgehead atoms. The molecule has 0 spiro atoms. The molecule has 0 fully saturated rings. The van der Waals surface area contributed by atoms with Crippen LogP contribution in [0, 0.1) is 5.82 Å². The Morgan fingerprint density at radius 3 is 2.56 bits per heavy atom. The van der Waals surface area contributed by atoms with Crippen LogP contribution in [0.3, 0.4) is 0 Å². The predicted octanol–water partition coefficient (Wildman–Crippen LogP) is 3.07. The highest BCUT2D eigenvalue weighted by Gasteiger charge is 2.21. The lowest BCUT2D eigenvalue weighted by atomic mass is 10.1. The third kappa shape index (κ3) is 6.14. The summed E-state index contributed by atoms with van der Waals surface area (Å²) < 4.78 is 23.7. The van der Waals surface area contributed by atoms with Crippen LogP contribution in [0.2, 0.25) is 5.02 Å². The molecule has 0 aromatic heterocycles. The van der Waals surface area contributed by atoms with Gasteiger partial charge in [-0.3, -0.25) is 4.79 Å². The number of para-hydroxylation sites is 1. The zero-order valence-corrected chi connectivity index (χ0v) is 15.3. The maximum Gasteiger partial charge on any atom is 0.346 e. The van der Waals surface area contributed by atoms with Crippen LogP contribution in [0.25, 0.3) is 0 Å². The second-order valence-electron chi connectivity index (χ2n) is 5.54. The van der Waals surface area contributed by atoms with Gasteiger partial charge in [0.15, 0.2) is 0 Å². The minimum absolute atomic E-state index is 0.0290. The molecular formula is C19H19ClFNO5. The molecule has 0 aliphatic heterocycles. The van der Waals surface area contributed by atoms with Crippen LogP contribution in [0.15, 0.2) is 42.5 Å². The Hall–Kier alpha value is -2.80. The van der Waals surface area contributed by atoms with Gasteiger partial charge < -0.3 is 19.9 Å². The summed E-state index contributed by atoms with van der Waals surface area (Å²) in [5.74, 6) is -1.51. The monoisotopic (exact) mass is 395 g/mol. The van der Waals surface area contributed by atoms with Crippen molar-refractivity contribution in [3.63, 3.8) is 0 Å². The normalized spacial score (nSPS) is 11.5. The minimum atomic E-state index is -1.31. The Kier molecular flexibility index (Phi) is 7.43. The summed E-state index contributed by atoms with van der Waals surface area (Å²) in [4.78, 5) is 23.5. The summed E-state index contributed by atoms with van der Waals surface area (Å²) in [5, 5.41) is 12.2. The highest BCUT2D eigenvalue weighted by atomic mass is 35.5. The first kappa shape index (κ1) is 20.5. The van der Waals surface area contributed by atoms with Crippen LogP contribution in [0.1, 0.15) is 12.5 Å². The van der Waals surface area contributed by atoms with Crippen molar-refractivity contribution in [3.8, 4) is 11.5 Å². The van der Waals surface area contributed by atoms with E-state index in [9.17, 15) is 19.1 Å². The molecule has 0 radical (unpaired) electrons. The second-order valence-corrected chi connectivity index (χ2v) is 5.95. The van der Waals surface area contributed by atoms with E-state index in [-0.39, 0.29) is 18.7 Å². The Bertz CT molecular complexity index is 797. The van der Waals surface area contributed by atoms with Crippen molar-refractivity contribution in [2.24, 2.45) is 0 Å². The third-order valence-electron chi connectivity index (χ3n) is 3.54. The lowest BCUT2D eigenvalue weighted by molar-refractivity contribution is -0.145. The van der Waals surface area contributed by atoms with Crippen molar-refractivity contribution >= 4 is 23.5 Å². The highest BCUT2D eigenvalue weighted by molar-refractivity contribution is 6.32. The molecule has 27 heavy (non-hydrogen) atoms. The number of carboxylic acid groups (broad SMARTS) is 1. The van der Waals surface area contributed by atoms with Gasteiger partial charge >= 0.3 is 5.97 Å². The van der Waals surface area contributed by atoms with Gasteiger partial charge in [0.2, 0.25) is 12.0 Å². The van der Waals surface area contributed by atoms with Crippen molar-refractivity contribution in [1.29, 1.82) is 0 Å². The molecule has 0 saturated carbocycles. The van der Waals surface area contributed by atoms with Gasteiger partial charge in [-0.1, -0.05) is 23.7 Å². The lowest BCUT2D eigenvalue weighted by Gasteiger charge is -2.16. The molecule has 2 rings (SSSR count). The largest absolute Gasteiger partial charge is 0.492 e.